The molecule has 5 rings (SSSR count). The lowest BCUT2D eigenvalue weighted by molar-refractivity contribution is -0.135. The topological polar surface area (TPSA) is 43.9 Å². The van der Waals surface area contributed by atoms with Gasteiger partial charge in [0.25, 0.3) is 5.91 Å². The van der Waals surface area contributed by atoms with Crippen LogP contribution in [0.1, 0.15) is 29.5 Å². The number of carbonyl (C=O) groups is 2. The molecule has 3 aromatic rings. The average molecular weight is 454 g/mol. The molecule has 0 bridgehead atoms. The molecular weight excluding hydrogens is 422 g/mol. The van der Waals surface area contributed by atoms with E-state index in [-0.39, 0.29) is 11.9 Å². The Morgan fingerprint density at radius 1 is 0.765 bits per heavy atom. The molecule has 0 unspecified atom stereocenters. The molecule has 0 radical (unpaired) electrons. The first-order valence-electron chi connectivity index (χ1n) is 12.0. The van der Waals surface area contributed by atoms with E-state index in [2.05, 4.69) is 60.4 Å². The number of nitrogens with zero attached hydrogens (tertiary/aromatic N) is 3. The normalized spacial score (nSPS) is 18.2. The molecule has 5 heteroatoms. The van der Waals surface area contributed by atoms with Gasteiger partial charge in [-0.25, -0.2) is 4.79 Å². The van der Waals surface area contributed by atoms with Crippen molar-refractivity contribution < 1.29 is 9.59 Å². The van der Waals surface area contributed by atoms with Crippen LogP contribution in [0.5, 0.6) is 0 Å². The lowest BCUT2D eigenvalue weighted by Crippen LogP contribution is -2.55. The zero-order valence-corrected chi connectivity index (χ0v) is 19.9. The number of aryl methyl sites for hydroxylation is 1. The van der Waals surface area contributed by atoms with Crippen molar-refractivity contribution in [3.8, 4) is 11.1 Å². The van der Waals surface area contributed by atoms with Crippen LogP contribution in [0.2, 0.25) is 0 Å². The third-order valence-corrected chi connectivity index (χ3v) is 7.49. The number of imide groups is 1. The number of benzene rings is 3. The Kier molecular flexibility index (Phi) is 5.96. The van der Waals surface area contributed by atoms with E-state index in [0.717, 1.165) is 25.2 Å². The van der Waals surface area contributed by atoms with Gasteiger partial charge in [-0.15, -0.1) is 0 Å². The van der Waals surface area contributed by atoms with Crippen LogP contribution in [0.15, 0.2) is 78.9 Å². The number of carbonyl (C=O) groups excluding carboxylic acids is 2. The van der Waals surface area contributed by atoms with E-state index < -0.39 is 5.54 Å². The first-order valence-corrected chi connectivity index (χ1v) is 12.0. The summed E-state index contributed by atoms with van der Waals surface area (Å²) in [6.07, 6.45) is 1.33. The highest BCUT2D eigenvalue weighted by Gasteiger charge is 2.56. The van der Waals surface area contributed by atoms with E-state index in [1.54, 1.807) is 11.9 Å². The third-order valence-electron chi connectivity index (χ3n) is 7.49. The molecule has 1 spiro atoms. The molecule has 0 atom stereocenters. The summed E-state index contributed by atoms with van der Waals surface area (Å²) in [7, 11) is 1.78. The van der Waals surface area contributed by atoms with E-state index in [0.29, 0.717) is 19.4 Å². The second-order valence-corrected chi connectivity index (χ2v) is 9.54. The van der Waals surface area contributed by atoms with Crippen LogP contribution < -0.4 is 0 Å². The highest BCUT2D eigenvalue weighted by molar-refractivity contribution is 6.06. The summed E-state index contributed by atoms with van der Waals surface area (Å²) in [6, 6.07) is 26.8. The van der Waals surface area contributed by atoms with Crippen LogP contribution >= 0.6 is 0 Å². The Balaban J connectivity index is 1.23. The van der Waals surface area contributed by atoms with Crippen molar-refractivity contribution in [1.29, 1.82) is 0 Å². The Bertz CT molecular complexity index is 1180. The number of likely N-dealkylation sites (tertiary alicyclic amines) is 1. The number of hydrogen-bond donors (Lipinski definition) is 0. The minimum absolute atomic E-state index is 0.0499. The van der Waals surface area contributed by atoms with E-state index in [1.807, 2.05) is 30.3 Å². The molecule has 0 aromatic heterocycles. The van der Waals surface area contributed by atoms with E-state index in [9.17, 15) is 9.59 Å². The third kappa shape index (κ3) is 4.01. The summed E-state index contributed by atoms with van der Waals surface area (Å²) < 4.78 is 0. The van der Waals surface area contributed by atoms with Crippen LogP contribution in [0, 0.1) is 6.92 Å². The van der Waals surface area contributed by atoms with Crippen molar-refractivity contribution in [1.82, 2.24) is 14.7 Å². The lowest BCUT2D eigenvalue weighted by atomic mass is 9.86. The quantitative estimate of drug-likeness (QED) is 0.506. The number of amides is 3. The highest BCUT2D eigenvalue weighted by atomic mass is 16.2. The fourth-order valence-electron chi connectivity index (χ4n) is 5.33. The lowest BCUT2D eigenvalue weighted by Gasteiger charge is -2.40. The number of piperidine rings is 1. The molecule has 2 saturated heterocycles. The summed E-state index contributed by atoms with van der Waals surface area (Å²) in [5.41, 5.74) is 5.30. The Labute approximate surface area is 201 Å². The maximum atomic E-state index is 13.4. The maximum absolute atomic E-state index is 13.4. The molecular formula is C29H31N3O2. The van der Waals surface area contributed by atoms with Crippen molar-refractivity contribution in [2.75, 3.05) is 20.1 Å². The van der Waals surface area contributed by atoms with Gasteiger partial charge in [0.1, 0.15) is 5.54 Å². The molecule has 2 fully saturated rings. The van der Waals surface area contributed by atoms with Gasteiger partial charge in [-0.1, -0.05) is 78.9 Å². The van der Waals surface area contributed by atoms with Gasteiger partial charge in [0.15, 0.2) is 0 Å². The molecule has 2 aliphatic heterocycles. The molecule has 5 nitrogen and oxygen atoms in total. The highest BCUT2D eigenvalue weighted by Crippen LogP contribution is 2.37. The van der Waals surface area contributed by atoms with Gasteiger partial charge in [-0.2, -0.15) is 0 Å². The Morgan fingerprint density at radius 3 is 2.06 bits per heavy atom. The van der Waals surface area contributed by atoms with Gasteiger partial charge in [0.05, 0.1) is 6.54 Å². The smallest absolute Gasteiger partial charge is 0.312 e. The fourth-order valence-corrected chi connectivity index (χ4v) is 5.33. The van der Waals surface area contributed by atoms with Gasteiger partial charge in [-0.05, 0) is 47.6 Å². The summed E-state index contributed by atoms with van der Waals surface area (Å²) in [6.45, 7) is 4.91. The largest absolute Gasteiger partial charge is 0.327 e. The van der Waals surface area contributed by atoms with E-state index in [1.165, 1.54) is 27.2 Å². The average Bonchev–Trinajstić information content (AvgIpc) is 3.03. The summed E-state index contributed by atoms with van der Waals surface area (Å²) in [5, 5.41) is 0. The second-order valence-electron chi connectivity index (χ2n) is 9.54. The van der Waals surface area contributed by atoms with Crippen molar-refractivity contribution >= 4 is 11.9 Å². The number of hydrogen-bond acceptors (Lipinski definition) is 3. The molecule has 174 valence electrons. The minimum Gasteiger partial charge on any atom is -0.312 e. The fraction of sp³-hybridized carbons (Fsp3) is 0.310. The Hall–Kier alpha value is -3.44. The maximum Gasteiger partial charge on any atom is 0.327 e. The summed E-state index contributed by atoms with van der Waals surface area (Å²) >= 11 is 0. The Morgan fingerprint density at radius 2 is 1.38 bits per heavy atom. The van der Waals surface area contributed by atoms with Crippen molar-refractivity contribution in [3.63, 3.8) is 0 Å². The molecule has 34 heavy (non-hydrogen) atoms. The first kappa shape index (κ1) is 22.4. The second kappa shape index (κ2) is 9.07. The van der Waals surface area contributed by atoms with Crippen LogP contribution in [0.4, 0.5) is 4.79 Å². The van der Waals surface area contributed by atoms with Crippen LogP contribution in [0.3, 0.4) is 0 Å². The minimum atomic E-state index is -0.711. The molecule has 0 aliphatic carbocycles. The van der Waals surface area contributed by atoms with Crippen LogP contribution in [0.25, 0.3) is 11.1 Å². The summed E-state index contributed by atoms with van der Waals surface area (Å²) in [4.78, 5) is 31.9. The van der Waals surface area contributed by atoms with Crippen LogP contribution in [-0.2, 0) is 17.9 Å². The van der Waals surface area contributed by atoms with E-state index >= 15 is 0 Å². The zero-order chi connectivity index (χ0) is 23.7. The standard InChI is InChI=1S/C29H31N3O2/c1-22-8-6-7-11-26(22)25-14-12-24(13-15-25)20-31-18-16-29(17-19-31)27(33)32(28(34)30(29)2)21-23-9-4-3-5-10-23/h3-15H,16-21H2,1-2H3. The zero-order valence-electron chi connectivity index (χ0n) is 19.9. The number of rotatable bonds is 5. The van der Waals surface area contributed by atoms with E-state index in [4.69, 9.17) is 0 Å². The number of urea groups is 1. The van der Waals surface area contributed by atoms with Gasteiger partial charge in [0, 0.05) is 26.7 Å². The van der Waals surface area contributed by atoms with Gasteiger partial charge in [-0.3, -0.25) is 14.6 Å². The van der Waals surface area contributed by atoms with Gasteiger partial charge in [0.2, 0.25) is 0 Å². The SMILES string of the molecule is Cc1ccccc1-c1ccc(CN2CCC3(CC2)C(=O)N(Cc2ccccc2)C(=O)N3C)cc1. The monoisotopic (exact) mass is 453 g/mol. The van der Waals surface area contributed by atoms with Gasteiger partial charge >= 0.3 is 6.03 Å². The molecule has 3 amide bonds. The summed E-state index contributed by atoms with van der Waals surface area (Å²) in [5.74, 6) is -0.0499. The molecule has 2 heterocycles. The first-order chi connectivity index (χ1) is 16.5. The number of likely N-dealkylation sites (N-methyl/N-ethyl adjacent to an activating group) is 1. The van der Waals surface area contributed by atoms with Crippen molar-refractivity contribution in [2.24, 2.45) is 0 Å². The van der Waals surface area contributed by atoms with Crippen LogP contribution in [-0.4, -0.2) is 52.3 Å². The van der Waals surface area contributed by atoms with Gasteiger partial charge < -0.3 is 4.90 Å². The molecule has 0 N–H and O–H groups in total. The molecule has 3 aromatic carbocycles. The van der Waals surface area contributed by atoms with Crippen molar-refractivity contribution in [3.05, 3.63) is 95.6 Å². The predicted octanol–water partition coefficient (Wildman–Crippen LogP) is 5.09. The molecule has 2 aliphatic rings. The molecule has 0 saturated carbocycles. The predicted molar refractivity (Wildman–Crippen MR) is 134 cm³/mol. The van der Waals surface area contributed by atoms with Crippen molar-refractivity contribution in [2.45, 2.75) is 38.4 Å².